The van der Waals surface area contributed by atoms with Crippen LogP contribution in [0, 0.1) is 0 Å². The molecule has 3 aliphatic rings. The van der Waals surface area contributed by atoms with Crippen LogP contribution < -0.4 is 9.47 Å². The molecule has 0 N–H and O–H groups in total. The summed E-state index contributed by atoms with van der Waals surface area (Å²) in [6.07, 6.45) is -2.85. The number of para-hydroxylation sites is 1. The number of methoxy groups -OCH3 is 1. The number of carbonyl (C=O) groups excluding carboxylic acids is 1. The van der Waals surface area contributed by atoms with Crippen molar-refractivity contribution in [3.63, 3.8) is 0 Å². The maximum absolute atomic E-state index is 13.1. The average Bonchev–Trinajstić information content (AvgIpc) is 2.99. The lowest BCUT2D eigenvalue weighted by molar-refractivity contribution is -0.189. The number of benzene rings is 2. The minimum Gasteiger partial charge on any atom is -0.493 e. The van der Waals surface area contributed by atoms with Gasteiger partial charge >= 0.3 is 12.1 Å². The van der Waals surface area contributed by atoms with E-state index in [9.17, 15) is 18.0 Å². The fourth-order valence-electron chi connectivity index (χ4n) is 5.10. The van der Waals surface area contributed by atoms with Crippen molar-refractivity contribution in [1.29, 1.82) is 0 Å². The molecule has 3 heterocycles. The highest BCUT2D eigenvalue weighted by atomic mass is 79.9. The van der Waals surface area contributed by atoms with Crippen molar-refractivity contribution in [2.45, 2.75) is 43.9 Å². The van der Waals surface area contributed by atoms with Gasteiger partial charge in [-0.05, 0) is 55.5 Å². The lowest BCUT2D eigenvalue weighted by Gasteiger charge is -2.38. The van der Waals surface area contributed by atoms with Gasteiger partial charge in [0.2, 0.25) is 0 Å². The van der Waals surface area contributed by atoms with Crippen molar-refractivity contribution in [2.24, 2.45) is 0 Å². The molecule has 2 aromatic rings. The smallest absolute Gasteiger partial charge is 0.471 e. The van der Waals surface area contributed by atoms with Gasteiger partial charge in [-0.3, -0.25) is 4.79 Å². The fourth-order valence-corrected chi connectivity index (χ4v) is 5.44. The molecule has 0 radical (unpaired) electrons. The maximum Gasteiger partial charge on any atom is 0.471 e. The highest BCUT2D eigenvalue weighted by molar-refractivity contribution is 9.10. The standard InChI is InChI=1S/C23H19BrF3NO3/c1-30-18-4-2-3-17-20(16-8-5-13(24)11-19(16)31-21(17)18)12-9-14-6-7-15(10-12)28(14)22(29)23(25,26)27/h2-5,8,11,14-15H,6-7,9-10H2,1H3. The Labute approximate surface area is 185 Å². The van der Waals surface area contributed by atoms with Gasteiger partial charge in [0.15, 0.2) is 11.5 Å². The van der Waals surface area contributed by atoms with Crippen LogP contribution in [0.2, 0.25) is 0 Å². The van der Waals surface area contributed by atoms with Gasteiger partial charge in [-0.1, -0.05) is 33.6 Å². The monoisotopic (exact) mass is 493 g/mol. The number of halogens is 4. The topological polar surface area (TPSA) is 38.8 Å². The molecule has 2 saturated heterocycles. The van der Waals surface area contributed by atoms with E-state index >= 15 is 0 Å². The summed E-state index contributed by atoms with van der Waals surface area (Å²) in [7, 11) is 1.57. The summed E-state index contributed by atoms with van der Waals surface area (Å²) in [5.74, 6) is 0.130. The molecule has 2 unspecified atom stereocenters. The number of carbonyl (C=O) groups is 1. The fraction of sp³-hybridized carbons (Fsp3) is 0.348. The Bertz CT molecular complexity index is 1100. The number of fused-ring (bicyclic) bond motifs is 4. The number of amides is 1. The molecule has 1 amide bonds. The van der Waals surface area contributed by atoms with E-state index in [-0.39, 0.29) is 0 Å². The van der Waals surface area contributed by atoms with E-state index in [4.69, 9.17) is 9.47 Å². The van der Waals surface area contributed by atoms with Gasteiger partial charge in [0.1, 0.15) is 5.75 Å². The summed E-state index contributed by atoms with van der Waals surface area (Å²) in [5, 5.41) is 0. The first-order valence-corrected chi connectivity index (χ1v) is 10.8. The van der Waals surface area contributed by atoms with Crippen LogP contribution in [0.15, 0.2) is 46.4 Å². The Morgan fingerprint density at radius 3 is 2.48 bits per heavy atom. The second-order valence-corrected chi connectivity index (χ2v) is 8.98. The zero-order valence-corrected chi connectivity index (χ0v) is 18.2. The number of alkyl halides is 3. The molecule has 3 aliphatic heterocycles. The maximum atomic E-state index is 13.1. The lowest BCUT2D eigenvalue weighted by Crippen LogP contribution is -2.50. The first-order chi connectivity index (χ1) is 14.8. The summed E-state index contributed by atoms with van der Waals surface area (Å²) in [6.45, 7) is 0. The van der Waals surface area contributed by atoms with Gasteiger partial charge in [-0.25, -0.2) is 0 Å². The van der Waals surface area contributed by atoms with E-state index in [1.54, 1.807) is 7.11 Å². The van der Waals surface area contributed by atoms with Crippen molar-refractivity contribution in [2.75, 3.05) is 7.11 Å². The average molecular weight is 494 g/mol. The van der Waals surface area contributed by atoms with E-state index in [1.165, 1.54) is 0 Å². The molecule has 0 spiro atoms. The van der Waals surface area contributed by atoms with Gasteiger partial charge < -0.3 is 14.4 Å². The lowest BCUT2D eigenvalue weighted by atomic mass is 9.84. The van der Waals surface area contributed by atoms with Crippen LogP contribution >= 0.6 is 15.9 Å². The van der Waals surface area contributed by atoms with Gasteiger partial charge in [-0.2, -0.15) is 13.2 Å². The van der Waals surface area contributed by atoms with E-state index in [0.29, 0.717) is 42.9 Å². The van der Waals surface area contributed by atoms with Crippen LogP contribution in [0.3, 0.4) is 0 Å². The van der Waals surface area contributed by atoms with Gasteiger partial charge in [0.25, 0.3) is 0 Å². The second-order valence-electron chi connectivity index (χ2n) is 8.06. The summed E-state index contributed by atoms with van der Waals surface area (Å²) < 4.78 is 51.9. The first kappa shape index (κ1) is 20.4. The van der Waals surface area contributed by atoms with Crippen molar-refractivity contribution >= 4 is 27.4 Å². The number of hydrogen-bond acceptors (Lipinski definition) is 3. The van der Waals surface area contributed by atoms with Gasteiger partial charge in [-0.15, -0.1) is 0 Å². The summed E-state index contributed by atoms with van der Waals surface area (Å²) in [4.78, 5) is 13.1. The molecule has 5 rings (SSSR count). The molecule has 0 saturated carbocycles. The number of hydrogen-bond donors (Lipinski definition) is 0. The summed E-state index contributed by atoms with van der Waals surface area (Å²) >= 11 is 3.48. The number of rotatable bonds is 1. The zero-order valence-electron chi connectivity index (χ0n) is 16.6. The predicted molar refractivity (Wildman–Crippen MR) is 112 cm³/mol. The minimum atomic E-state index is -4.84. The molecule has 2 bridgehead atoms. The Kier molecular flexibility index (Phi) is 4.80. The highest BCUT2D eigenvalue weighted by Crippen LogP contribution is 2.52. The quantitative estimate of drug-likeness (QED) is 0.412. The minimum absolute atomic E-state index is 0.416. The van der Waals surface area contributed by atoms with Gasteiger partial charge in [0, 0.05) is 27.7 Å². The van der Waals surface area contributed by atoms with Crippen LogP contribution in [-0.2, 0) is 4.79 Å². The van der Waals surface area contributed by atoms with E-state index in [1.807, 2.05) is 36.4 Å². The van der Waals surface area contributed by atoms with Crippen molar-refractivity contribution in [3.05, 3.63) is 57.6 Å². The first-order valence-electron chi connectivity index (χ1n) is 10.0. The van der Waals surface area contributed by atoms with Crippen molar-refractivity contribution in [1.82, 2.24) is 4.90 Å². The zero-order chi connectivity index (χ0) is 21.9. The molecular weight excluding hydrogens is 475 g/mol. The molecular formula is C23H19BrF3NO3. The molecule has 2 atom stereocenters. The number of ether oxygens (including phenoxy) is 2. The Morgan fingerprint density at radius 2 is 1.84 bits per heavy atom. The molecule has 162 valence electrons. The number of piperidine rings is 1. The molecule has 8 heteroatoms. The van der Waals surface area contributed by atoms with Crippen LogP contribution in [-0.4, -0.2) is 36.2 Å². The SMILES string of the molecule is COc1cccc2c1Oc1cc(Br)ccc1C2=C1CC2CCC(C1)N2C(=O)C(F)(F)F. The van der Waals surface area contributed by atoms with Gasteiger partial charge in [0.05, 0.1) is 7.11 Å². The third-order valence-corrected chi connectivity index (χ3v) is 6.80. The second kappa shape index (κ2) is 7.29. The molecule has 31 heavy (non-hydrogen) atoms. The normalized spacial score (nSPS) is 22.0. The van der Waals surface area contributed by atoms with Crippen LogP contribution in [0.5, 0.6) is 17.2 Å². The Morgan fingerprint density at radius 1 is 1.13 bits per heavy atom. The highest BCUT2D eigenvalue weighted by Gasteiger charge is 2.51. The van der Waals surface area contributed by atoms with Crippen LogP contribution in [0.25, 0.3) is 5.57 Å². The van der Waals surface area contributed by atoms with E-state index in [2.05, 4.69) is 15.9 Å². The van der Waals surface area contributed by atoms with E-state index < -0.39 is 24.2 Å². The Balaban J connectivity index is 1.64. The molecule has 2 aromatic carbocycles. The van der Waals surface area contributed by atoms with Crippen molar-refractivity contribution < 1.29 is 27.4 Å². The van der Waals surface area contributed by atoms with E-state index in [0.717, 1.165) is 31.6 Å². The Hall–Kier alpha value is -2.48. The largest absolute Gasteiger partial charge is 0.493 e. The van der Waals surface area contributed by atoms with Crippen LogP contribution in [0.1, 0.15) is 36.8 Å². The third kappa shape index (κ3) is 3.32. The number of nitrogens with zero attached hydrogens (tertiary/aromatic N) is 1. The summed E-state index contributed by atoms with van der Waals surface area (Å²) in [5.41, 5.74) is 3.78. The van der Waals surface area contributed by atoms with Crippen LogP contribution in [0.4, 0.5) is 13.2 Å². The summed E-state index contributed by atoms with van der Waals surface area (Å²) in [6, 6.07) is 10.5. The molecule has 0 aromatic heterocycles. The molecule has 2 fully saturated rings. The third-order valence-electron chi connectivity index (χ3n) is 6.31. The molecule has 4 nitrogen and oxygen atoms in total. The van der Waals surface area contributed by atoms with Crippen molar-refractivity contribution in [3.8, 4) is 17.2 Å². The molecule has 0 aliphatic carbocycles. The predicted octanol–water partition coefficient (Wildman–Crippen LogP) is 6.08.